The molecule has 474 valence electrons. The topological polar surface area (TPSA) is 593 Å². The first-order chi connectivity index (χ1) is 39.5. The number of rotatable bonds is 23. The van der Waals surface area contributed by atoms with E-state index in [1.807, 2.05) is 0 Å². The van der Waals surface area contributed by atoms with Crippen LogP contribution in [0.1, 0.15) is 16.8 Å². The molecule has 0 aromatic heterocycles. The number of amides is 1. The Kier molecular flexibility index (Phi) is 24.2. The summed E-state index contributed by atoms with van der Waals surface area (Å²) >= 11 is 0. The second-order valence-electron chi connectivity index (χ2n) is 20.2. The van der Waals surface area contributed by atoms with Gasteiger partial charge in [0.25, 0.3) is 5.91 Å². The molecule has 0 aliphatic carbocycles. The second-order valence-corrected chi connectivity index (χ2v) is 20.2. The highest BCUT2D eigenvalue weighted by Gasteiger charge is 2.55. The number of benzene rings is 1. The SMILES string of the molecule is [N-]=[N+]=Nc1ccc(C(=O)NCCCO[C@@H]2O[C@H](CO[C@@H]3O[C@H](CO[C@@H]4O[C@H](CO[C@@H]5O[C@H](CO)[C@@H](O)[C@H](O)[C@H]5O)[C@@H](O)[C@H](O[C@@H]5O[C@H](CO)[C@@H](O)[C@H](O)[C@H]5O)[C@H]4O)[C@@H](O)[C@H](O)[C@H]3O)[C@@H](O)[C@H](O[C@@H]3O[C@H](CO)[C@@H](O)[C@H](O)[C@H]3O)[C@H]2O)c(O)c1. The second kappa shape index (κ2) is 30.0. The fourth-order valence-electron chi connectivity index (χ4n) is 9.71. The van der Waals surface area contributed by atoms with Gasteiger partial charge in [0.05, 0.1) is 51.8 Å². The third-order valence-corrected chi connectivity index (χ3v) is 14.6. The van der Waals surface area contributed by atoms with Crippen LogP contribution in [0.4, 0.5) is 5.69 Å². The molecule has 0 saturated carbocycles. The van der Waals surface area contributed by atoms with Crippen molar-refractivity contribution in [2.24, 2.45) is 5.11 Å². The van der Waals surface area contributed by atoms with Crippen LogP contribution in [0.3, 0.4) is 0 Å². The molecule has 21 N–H and O–H groups in total. The lowest BCUT2D eigenvalue weighted by Gasteiger charge is -2.47. The van der Waals surface area contributed by atoms with Crippen molar-refractivity contribution in [3.8, 4) is 5.75 Å². The third-order valence-electron chi connectivity index (χ3n) is 14.6. The minimum absolute atomic E-state index is 0.00432. The molecule has 0 spiro atoms. The van der Waals surface area contributed by atoms with E-state index in [0.29, 0.717) is 0 Å². The molecular formula is C46H72N4O33. The van der Waals surface area contributed by atoms with Crippen molar-refractivity contribution in [1.82, 2.24) is 5.32 Å². The number of hydrogen-bond donors (Lipinski definition) is 21. The molecule has 7 rings (SSSR count). The maximum atomic E-state index is 12.8. The molecule has 0 radical (unpaired) electrons. The van der Waals surface area contributed by atoms with Crippen molar-refractivity contribution in [2.75, 3.05) is 52.8 Å². The lowest BCUT2D eigenvalue weighted by Crippen LogP contribution is -2.66. The highest BCUT2D eigenvalue weighted by atomic mass is 16.8. The van der Waals surface area contributed by atoms with E-state index in [1.54, 1.807) is 0 Å². The summed E-state index contributed by atoms with van der Waals surface area (Å²) in [5.41, 5.74) is 8.50. The quantitative estimate of drug-likeness (QED) is 0.0209. The van der Waals surface area contributed by atoms with Crippen LogP contribution in [0.15, 0.2) is 23.3 Å². The van der Waals surface area contributed by atoms with Gasteiger partial charge in [-0.15, -0.1) is 0 Å². The Bertz CT molecular complexity index is 2240. The van der Waals surface area contributed by atoms with Crippen LogP contribution in [0.5, 0.6) is 5.75 Å². The van der Waals surface area contributed by atoms with E-state index in [-0.39, 0.29) is 30.8 Å². The number of nitrogens with zero attached hydrogens (tertiary/aromatic N) is 3. The van der Waals surface area contributed by atoms with Crippen LogP contribution in [0.2, 0.25) is 0 Å². The molecule has 6 aliphatic rings. The number of phenols is 1. The summed E-state index contributed by atoms with van der Waals surface area (Å²) in [7, 11) is 0. The molecule has 30 atom stereocenters. The van der Waals surface area contributed by atoms with E-state index in [0.717, 1.165) is 6.07 Å². The molecule has 1 amide bonds. The zero-order chi connectivity index (χ0) is 60.7. The van der Waals surface area contributed by atoms with Crippen molar-refractivity contribution >= 4 is 11.6 Å². The molecule has 83 heavy (non-hydrogen) atoms. The maximum Gasteiger partial charge on any atom is 0.255 e. The number of phenolic OH excluding ortho intramolecular Hbond substituents is 1. The Morgan fingerprint density at radius 2 is 0.819 bits per heavy atom. The van der Waals surface area contributed by atoms with Crippen molar-refractivity contribution in [3.63, 3.8) is 0 Å². The van der Waals surface area contributed by atoms with Crippen LogP contribution in [-0.4, -0.2) is 345 Å². The predicted octanol–water partition coefficient (Wildman–Crippen LogP) is -11.6. The maximum absolute atomic E-state index is 12.8. The number of carbonyl (C=O) groups is 1. The molecule has 6 aliphatic heterocycles. The van der Waals surface area contributed by atoms with E-state index in [1.165, 1.54) is 12.1 Å². The first-order valence-electron chi connectivity index (χ1n) is 26.0. The van der Waals surface area contributed by atoms with Gasteiger partial charge in [-0.1, -0.05) is 11.2 Å². The molecule has 6 fully saturated rings. The number of azide groups is 1. The van der Waals surface area contributed by atoms with Gasteiger partial charge in [-0.25, -0.2) is 0 Å². The van der Waals surface area contributed by atoms with E-state index in [2.05, 4.69) is 15.3 Å². The number of hydrogen-bond acceptors (Lipinski definition) is 34. The number of carbonyl (C=O) groups excluding carboxylic acids is 1. The van der Waals surface area contributed by atoms with Crippen LogP contribution in [-0.2, 0) is 56.8 Å². The van der Waals surface area contributed by atoms with Gasteiger partial charge in [0, 0.05) is 17.1 Å². The minimum Gasteiger partial charge on any atom is -0.507 e. The van der Waals surface area contributed by atoms with Gasteiger partial charge >= 0.3 is 0 Å². The molecule has 6 saturated heterocycles. The van der Waals surface area contributed by atoms with Gasteiger partial charge in [-0.2, -0.15) is 0 Å². The standard InChI is InChI=1S/C46H72N4O33/c47-50-49-13-2-3-14(15(54)6-13)40(71)48-4-1-5-72-43-36(69)38(82-45-34(67)29(62)23(56)17(8-52)77-45)26(59)20(80-43)11-74-42-33(66)31(64)25(58)19(79-42)10-75-44-37(70)39(83-46-35(68)30(63)24(57)18(9-53)78-46)27(60)21(81-44)12-73-41-32(65)28(61)22(55)16(7-51)76-41/h2-3,6,16-39,41-46,51-70H,1,4-5,7-12H2,(H,48,71)/t16-,17-,18-,19-,20-,21-,22-,23-,24-,25-,26-,27-,28+,29+,30+,31+,32-,33-,34-,35-,36-,37-,38+,39+,41-,42-,43-,44-,45+,46+/m1/s1. The Balaban J connectivity index is 1.03. The molecule has 6 heterocycles. The largest absolute Gasteiger partial charge is 0.507 e. The zero-order valence-corrected chi connectivity index (χ0v) is 43.5. The van der Waals surface area contributed by atoms with Crippen molar-refractivity contribution < 1.29 is 164 Å². The normalized spacial score (nSPS) is 45.1. The van der Waals surface area contributed by atoms with Crippen LogP contribution in [0.25, 0.3) is 10.4 Å². The summed E-state index contributed by atoms with van der Waals surface area (Å²) in [4.78, 5) is 15.4. The van der Waals surface area contributed by atoms with Crippen molar-refractivity contribution in [3.05, 3.63) is 34.2 Å². The summed E-state index contributed by atoms with van der Waals surface area (Å²) in [6.07, 6.45) is -56.9. The summed E-state index contributed by atoms with van der Waals surface area (Å²) in [5, 5.41) is 218. The van der Waals surface area contributed by atoms with E-state index in [4.69, 9.17) is 62.4 Å². The highest BCUT2D eigenvalue weighted by Crippen LogP contribution is 2.35. The summed E-state index contributed by atoms with van der Waals surface area (Å²) in [6.45, 7) is -5.70. The number of aliphatic hydroxyl groups excluding tert-OH is 19. The van der Waals surface area contributed by atoms with Crippen LogP contribution < -0.4 is 5.32 Å². The van der Waals surface area contributed by atoms with Crippen LogP contribution in [0, 0.1) is 0 Å². The van der Waals surface area contributed by atoms with E-state index in [9.17, 15) is 107 Å². The lowest BCUT2D eigenvalue weighted by molar-refractivity contribution is -0.373. The number of ether oxygens (including phenoxy) is 12. The Labute approximate surface area is 468 Å². The Hall–Kier alpha value is -3.44. The average Bonchev–Trinajstić information content (AvgIpc) is 3.60. The van der Waals surface area contributed by atoms with Gasteiger partial charge in [0.15, 0.2) is 37.7 Å². The van der Waals surface area contributed by atoms with Gasteiger partial charge in [-0.3, -0.25) is 4.79 Å². The summed E-state index contributed by atoms with van der Waals surface area (Å²) < 4.78 is 67.7. The summed E-state index contributed by atoms with van der Waals surface area (Å²) in [6, 6.07) is 3.55. The lowest BCUT2D eigenvalue weighted by atomic mass is 9.96. The van der Waals surface area contributed by atoms with E-state index >= 15 is 0 Å². The van der Waals surface area contributed by atoms with E-state index < -0.39 is 236 Å². The van der Waals surface area contributed by atoms with Crippen LogP contribution >= 0.6 is 0 Å². The molecule has 1 aromatic rings. The van der Waals surface area contributed by atoms with Gasteiger partial charge in [0.2, 0.25) is 0 Å². The fraction of sp³-hybridized carbons (Fsp3) is 0.848. The van der Waals surface area contributed by atoms with Crippen molar-refractivity contribution in [2.45, 2.75) is 191 Å². The number of aliphatic hydroxyl groups is 19. The monoisotopic (exact) mass is 1210 g/mol. The van der Waals surface area contributed by atoms with Gasteiger partial charge < -0.3 is 164 Å². The van der Waals surface area contributed by atoms with Crippen molar-refractivity contribution in [1.29, 1.82) is 0 Å². The minimum atomic E-state index is -2.15. The molecule has 37 nitrogen and oxygen atoms in total. The molecule has 0 unspecified atom stereocenters. The number of nitrogens with one attached hydrogen (secondary N) is 1. The average molecular weight is 1210 g/mol. The van der Waals surface area contributed by atoms with Gasteiger partial charge in [0.1, 0.15) is 152 Å². The highest BCUT2D eigenvalue weighted by molar-refractivity contribution is 5.97. The molecular weight excluding hydrogens is 1140 g/mol. The molecule has 0 bridgehead atoms. The first kappa shape index (κ1) is 67.1. The first-order valence-corrected chi connectivity index (χ1v) is 26.0. The zero-order valence-electron chi connectivity index (χ0n) is 43.5. The summed E-state index contributed by atoms with van der Waals surface area (Å²) in [5.74, 6) is -1.23. The smallest absolute Gasteiger partial charge is 0.255 e. The molecule has 1 aromatic carbocycles. The Morgan fingerprint density at radius 3 is 1.22 bits per heavy atom. The Morgan fingerprint density at radius 1 is 0.470 bits per heavy atom. The van der Waals surface area contributed by atoms with Gasteiger partial charge in [-0.05, 0) is 24.1 Å². The molecule has 37 heteroatoms. The predicted molar refractivity (Wildman–Crippen MR) is 257 cm³/mol. The fourth-order valence-corrected chi connectivity index (χ4v) is 9.71. The number of aromatic hydroxyl groups is 1. The third kappa shape index (κ3) is 15.3.